The summed E-state index contributed by atoms with van der Waals surface area (Å²) in [5, 5.41) is 4.92. The van der Waals surface area contributed by atoms with Crippen molar-refractivity contribution in [2.75, 3.05) is 6.61 Å². The molecule has 13 heteroatoms. The molecule has 156 valence electrons. The summed E-state index contributed by atoms with van der Waals surface area (Å²) in [6.07, 6.45) is 0. The zero-order valence-corrected chi connectivity index (χ0v) is 19.1. The van der Waals surface area contributed by atoms with Crippen molar-refractivity contribution in [2.24, 2.45) is 0 Å². The summed E-state index contributed by atoms with van der Waals surface area (Å²) in [6.45, 7) is -1.98. The maximum Gasteiger partial charge on any atom is 0.402 e. The van der Waals surface area contributed by atoms with Crippen molar-refractivity contribution >= 4 is 67.2 Å². The number of esters is 2. The van der Waals surface area contributed by atoms with Crippen molar-refractivity contribution in [3.8, 4) is 11.5 Å². The van der Waals surface area contributed by atoms with Gasteiger partial charge < -0.3 is 14.6 Å². The fourth-order valence-electron chi connectivity index (χ4n) is 1.87. The van der Waals surface area contributed by atoms with E-state index in [9.17, 15) is 31.9 Å². The van der Waals surface area contributed by atoms with Gasteiger partial charge in [0, 0.05) is 3.57 Å². The summed E-state index contributed by atoms with van der Waals surface area (Å²) in [5.41, 5.74) is -0.467. The molecule has 0 spiro atoms. The van der Waals surface area contributed by atoms with Crippen LogP contribution in [0.5, 0.6) is 11.5 Å². The van der Waals surface area contributed by atoms with Gasteiger partial charge in [-0.1, -0.05) is 0 Å². The van der Waals surface area contributed by atoms with E-state index in [1.807, 2.05) is 22.6 Å². The molecule has 2 aromatic rings. The standard InChI is InChI=1S/C16H10F2I2O8S/c17-16(18,29(24,25)26)7-27-15(23)11-5-10(21)6-12(20)13(11)28-14(22)8-1-3-9(19)4-2-8/h1-6,21H,7H2,(H,24,25,26). The largest absolute Gasteiger partial charge is 0.508 e. The van der Waals surface area contributed by atoms with Gasteiger partial charge in [-0.25, -0.2) is 9.59 Å². The second-order valence-corrected chi connectivity index (χ2v) is 9.34. The number of aromatic hydroxyl groups is 1. The first-order valence-electron chi connectivity index (χ1n) is 7.34. The maximum atomic E-state index is 13.3. The number of alkyl halides is 2. The Bertz CT molecular complexity index is 1060. The molecule has 0 saturated carbocycles. The Balaban J connectivity index is 2.31. The van der Waals surface area contributed by atoms with E-state index < -0.39 is 45.2 Å². The summed E-state index contributed by atoms with van der Waals surface area (Å²) in [4.78, 5) is 24.5. The minimum absolute atomic E-state index is 0.0787. The number of phenolic OH excluding ortho intramolecular Hbond substituents is 1. The zero-order valence-electron chi connectivity index (χ0n) is 13.9. The third kappa shape index (κ3) is 5.95. The molecule has 2 aromatic carbocycles. The molecule has 0 aliphatic heterocycles. The number of benzene rings is 2. The van der Waals surface area contributed by atoms with E-state index in [1.54, 1.807) is 34.7 Å². The Morgan fingerprint density at radius 3 is 2.21 bits per heavy atom. The Hall–Kier alpha value is -1.59. The molecule has 0 aliphatic carbocycles. The highest BCUT2D eigenvalue weighted by Gasteiger charge is 2.45. The lowest BCUT2D eigenvalue weighted by Gasteiger charge is -2.15. The first kappa shape index (κ1) is 23.7. The number of hydrogen-bond donors (Lipinski definition) is 2. The van der Waals surface area contributed by atoms with Crippen molar-refractivity contribution < 1.29 is 45.9 Å². The third-order valence-corrected chi connectivity index (χ3v) is 5.66. The van der Waals surface area contributed by atoms with Gasteiger partial charge in [-0.05, 0) is 81.6 Å². The summed E-state index contributed by atoms with van der Waals surface area (Å²) in [5.74, 6) is -3.22. The molecule has 2 rings (SSSR count). The van der Waals surface area contributed by atoms with Crippen LogP contribution < -0.4 is 4.74 Å². The molecule has 0 saturated heterocycles. The number of ether oxygens (including phenoxy) is 2. The van der Waals surface area contributed by atoms with E-state index in [0.717, 1.165) is 15.7 Å². The van der Waals surface area contributed by atoms with Gasteiger partial charge in [-0.3, -0.25) is 4.55 Å². The van der Waals surface area contributed by atoms with Crippen molar-refractivity contribution in [1.29, 1.82) is 0 Å². The lowest BCUT2D eigenvalue weighted by atomic mass is 10.2. The average molecular weight is 654 g/mol. The van der Waals surface area contributed by atoms with Crippen LogP contribution in [-0.4, -0.2) is 41.9 Å². The van der Waals surface area contributed by atoms with Crippen molar-refractivity contribution in [2.45, 2.75) is 5.25 Å². The minimum atomic E-state index is -5.81. The number of phenols is 1. The Morgan fingerprint density at radius 1 is 1.07 bits per heavy atom. The number of carbonyl (C=O) groups excluding carboxylic acids is 2. The predicted molar refractivity (Wildman–Crippen MR) is 112 cm³/mol. The van der Waals surface area contributed by atoms with Gasteiger partial charge in [-0.15, -0.1) is 0 Å². The van der Waals surface area contributed by atoms with Gasteiger partial charge in [-0.2, -0.15) is 17.2 Å². The zero-order chi connectivity index (χ0) is 22.0. The molecule has 29 heavy (non-hydrogen) atoms. The number of halogens is 4. The van der Waals surface area contributed by atoms with Gasteiger partial charge in [0.05, 0.1) is 9.13 Å². The number of rotatable bonds is 6. The maximum absolute atomic E-state index is 13.3. The number of hydrogen-bond acceptors (Lipinski definition) is 7. The van der Waals surface area contributed by atoms with Crippen LogP contribution in [-0.2, 0) is 14.9 Å². The minimum Gasteiger partial charge on any atom is -0.508 e. The fraction of sp³-hybridized carbons (Fsp3) is 0.125. The second-order valence-electron chi connectivity index (χ2n) is 5.39. The molecule has 0 radical (unpaired) electrons. The van der Waals surface area contributed by atoms with E-state index in [2.05, 4.69) is 4.74 Å². The van der Waals surface area contributed by atoms with Crippen LogP contribution in [0.4, 0.5) is 8.78 Å². The van der Waals surface area contributed by atoms with Crippen LogP contribution in [0, 0.1) is 7.14 Å². The van der Waals surface area contributed by atoms with Crippen LogP contribution in [0.25, 0.3) is 0 Å². The first-order chi connectivity index (χ1) is 13.3. The highest BCUT2D eigenvalue weighted by molar-refractivity contribution is 14.1. The molecule has 0 amide bonds. The molecule has 0 atom stereocenters. The van der Waals surface area contributed by atoms with Gasteiger partial charge >= 0.3 is 27.3 Å². The van der Waals surface area contributed by atoms with Crippen molar-refractivity contribution in [1.82, 2.24) is 0 Å². The molecule has 2 N–H and O–H groups in total. The molecule has 0 fully saturated rings. The van der Waals surface area contributed by atoms with E-state index in [0.29, 0.717) is 0 Å². The number of carbonyl (C=O) groups is 2. The van der Waals surface area contributed by atoms with Crippen molar-refractivity contribution in [3.05, 3.63) is 54.7 Å². The summed E-state index contributed by atoms with van der Waals surface area (Å²) in [7, 11) is -5.81. The normalized spacial score (nSPS) is 11.8. The van der Waals surface area contributed by atoms with Crippen LogP contribution in [0.1, 0.15) is 20.7 Å². The molecule has 0 aliphatic rings. The topological polar surface area (TPSA) is 127 Å². The van der Waals surface area contributed by atoms with Crippen LogP contribution >= 0.6 is 45.2 Å². The predicted octanol–water partition coefficient (Wildman–Crippen LogP) is 3.46. The fourth-order valence-corrected chi connectivity index (χ4v) is 3.16. The molecule has 0 aromatic heterocycles. The smallest absolute Gasteiger partial charge is 0.402 e. The van der Waals surface area contributed by atoms with E-state index in [1.165, 1.54) is 12.1 Å². The molecular formula is C16H10F2I2O8S. The summed E-state index contributed by atoms with van der Waals surface area (Å²) < 4.78 is 66.6. The van der Waals surface area contributed by atoms with E-state index >= 15 is 0 Å². The lowest BCUT2D eigenvalue weighted by Crippen LogP contribution is -2.34. The highest BCUT2D eigenvalue weighted by Crippen LogP contribution is 2.32. The van der Waals surface area contributed by atoms with Crippen LogP contribution in [0.3, 0.4) is 0 Å². The monoisotopic (exact) mass is 654 g/mol. The molecule has 0 unspecified atom stereocenters. The molecule has 8 nitrogen and oxygen atoms in total. The summed E-state index contributed by atoms with van der Waals surface area (Å²) in [6, 6.07) is 8.12. The van der Waals surface area contributed by atoms with Crippen molar-refractivity contribution in [3.63, 3.8) is 0 Å². The Kier molecular flexibility index (Phi) is 7.39. The van der Waals surface area contributed by atoms with E-state index in [4.69, 9.17) is 9.29 Å². The van der Waals surface area contributed by atoms with Gasteiger partial charge in [0.2, 0.25) is 0 Å². The van der Waals surface area contributed by atoms with Gasteiger partial charge in [0.15, 0.2) is 12.4 Å². The SMILES string of the molecule is O=C(Oc1c(I)cc(O)cc1C(=O)OCC(F)(F)S(=O)(=O)O)c1ccc(I)cc1. The van der Waals surface area contributed by atoms with Gasteiger partial charge in [0.1, 0.15) is 11.3 Å². The van der Waals surface area contributed by atoms with Crippen LogP contribution in [0.15, 0.2) is 36.4 Å². The lowest BCUT2D eigenvalue weighted by molar-refractivity contribution is -0.00970. The quantitative estimate of drug-likeness (QED) is 0.210. The van der Waals surface area contributed by atoms with Crippen LogP contribution in [0.2, 0.25) is 0 Å². The molecule has 0 heterocycles. The second kappa shape index (κ2) is 9.05. The highest BCUT2D eigenvalue weighted by atomic mass is 127. The molecular weight excluding hydrogens is 644 g/mol. The average Bonchev–Trinajstić information content (AvgIpc) is 2.61. The Morgan fingerprint density at radius 2 is 1.66 bits per heavy atom. The Labute approximate surface area is 190 Å². The van der Waals surface area contributed by atoms with Gasteiger partial charge in [0.25, 0.3) is 0 Å². The van der Waals surface area contributed by atoms with E-state index in [-0.39, 0.29) is 14.9 Å². The third-order valence-electron chi connectivity index (χ3n) is 3.27. The molecule has 0 bridgehead atoms. The first-order valence-corrected chi connectivity index (χ1v) is 10.9. The summed E-state index contributed by atoms with van der Waals surface area (Å²) >= 11 is 3.65.